The van der Waals surface area contributed by atoms with E-state index in [0.29, 0.717) is 11.2 Å². The molecule has 3 aromatic rings. The van der Waals surface area contributed by atoms with Gasteiger partial charge in [0.05, 0.1) is 11.3 Å². The van der Waals surface area contributed by atoms with Gasteiger partial charge in [-0.25, -0.2) is 4.98 Å². The van der Waals surface area contributed by atoms with E-state index in [1.165, 1.54) is 0 Å². The molecular weight excluding hydrogens is 292 g/mol. The molecule has 1 aromatic carbocycles. The standard InChI is InChI=1S/C15H13ClN2OS/c1-2-10-12-14(19)17-11(8-16)18-15(12)20-13(10)9-6-4-3-5-7-9/h3-7H,2,8H2,1H3,(H,17,18,19). The first-order chi connectivity index (χ1) is 9.74. The number of H-pyrrole nitrogens is 1. The highest BCUT2D eigenvalue weighted by molar-refractivity contribution is 7.22. The average Bonchev–Trinajstić information content (AvgIpc) is 2.87. The number of alkyl halides is 1. The van der Waals surface area contributed by atoms with E-state index >= 15 is 0 Å². The van der Waals surface area contributed by atoms with Gasteiger partial charge in [0.25, 0.3) is 5.56 Å². The van der Waals surface area contributed by atoms with Gasteiger partial charge in [0.1, 0.15) is 10.7 Å². The van der Waals surface area contributed by atoms with E-state index < -0.39 is 0 Å². The van der Waals surface area contributed by atoms with E-state index in [1.807, 2.05) is 18.2 Å². The summed E-state index contributed by atoms with van der Waals surface area (Å²) in [7, 11) is 0. The minimum Gasteiger partial charge on any atom is -0.309 e. The molecule has 0 radical (unpaired) electrons. The fraction of sp³-hybridized carbons (Fsp3) is 0.200. The summed E-state index contributed by atoms with van der Waals surface area (Å²) in [5.41, 5.74) is 2.09. The zero-order chi connectivity index (χ0) is 14.1. The topological polar surface area (TPSA) is 45.8 Å². The highest BCUT2D eigenvalue weighted by atomic mass is 35.5. The lowest BCUT2D eigenvalue weighted by Gasteiger charge is -2.01. The van der Waals surface area contributed by atoms with Crippen molar-refractivity contribution in [3.05, 3.63) is 52.1 Å². The van der Waals surface area contributed by atoms with E-state index in [0.717, 1.165) is 27.3 Å². The van der Waals surface area contributed by atoms with Crippen LogP contribution in [0.15, 0.2) is 35.1 Å². The van der Waals surface area contributed by atoms with Crippen molar-refractivity contribution in [2.45, 2.75) is 19.2 Å². The Labute approximate surface area is 125 Å². The molecule has 0 aliphatic rings. The Kier molecular flexibility index (Phi) is 3.59. The van der Waals surface area contributed by atoms with Crippen molar-refractivity contribution in [2.75, 3.05) is 0 Å². The number of nitrogens with one attached hydrogen (secondary N) is 1. The summed E-state index contributed by atoms with van der Waals surface area (Å²) < 4.78 is 0. The maximum atomic E-state index is 12.2. The molecule has 0 bridgehead atoms. The molecule has 0 fully saturated rings. The lowest BCUT2D eigenvalue weighted by Crippen LogP contribution is -2.10. The molecular formula is C15H13ClN2OS. The van der Waals surface area contributed by atoms with Gasteiger partial charge in [-0.3, -0.25) is 4.79 Å². The number of halogens is 1. The molecule has 1 N–H and O–H groups in total. The van der Waals surface area contributed by atoms with Crippen molar-refractivity contribution in [3.8, 4) is 10.4 Å². The Bertz CT molecular complexity index is 808. The van der Waals surface area contributed by atoms with Crippen LogP contribution < -0.4 is 5.56 Å². The normalized spacial score (nSPS) is 11.1. The van der Waals surface area contributed by atoms with E-state index in [2.05, 4.69) is 29.0 Å². The molecule has 20 heavy (non-hydrogen) atoms. The quantitative estimate of drug-likeness (QED) is 0.745. The van der Waals surface area contributed by atoms with Gasteiger partial charge in [0.2, 0.25) is 0 Å². The summed E-state index contributed by atoms with van der Waals surface area (Å²) in [5, 5.41) is 0.699. The largest absolute Gasteiger partial charge is 0.309 e. The van der Waals surface area contributed by atoms with Crippen molar-refractivity contribution >= 4 is 33.2 Å². The Morgan fingerprint density at radius 1 is 1.30 bits per heavy atom. The SMILES string of the molecule is CCc1c(-c2ccccc2)sc2nc(CCl)[nH]c(=O)c12. The van der Waals surface area contributed by atoms with Crippen molar-refractivity contribution in [1.82, 2.24) is 9.97 Å². The fourth-order valence-electron chi connectivity index (χ4n) is 2.33. The molecule has 2 aromatic heterocycles. The number of nitrogens with zero attached hydrogens (tertiary/aromatic N) is 1. The summed E-state index contributed by atoms with van der Waals surface area (Å²) in [6.07, 6.45) is 0.801. The van der Waals surface area contributed by atoms with Gasteiger partial charge in [-0.05, 0) is 17.5 Å². The predicted octanol–water partition coefficient (Wildman–Crippen LogP) is 3.95. The molecule has 0 saturated heterocycles. The second-order valence-corrected chi connectivity index (χ2v) is 5.72. The number of rotatable bonds is 3. The maximum absolute atomic E-state index is 12.2. The second kappa shape index (κ2) is 5.38. The van der Waals surface area contributed by atoms with Gasteiger partial charge in [-0.2, -0.15) is 0 Å². The molecule has 0 aliphatic heterocycles. The molecule has 0 spiro atoms. The lowest BCUT2D eigenvalue weighted by atomic mass is 10.1. The number of fused-ring (bicyclic) bond motifs is 1. The highest BCUT2D eigenvalue weighted by Crippen LogP contribution is 2.36. The number of benzene rings is 1. The maximum Gasteiger partial charge on any atom is 0.259 e. The molecule has 5 heteroatoms. The highest BCUT2D eigenvalue weighted by Gasteiger charge is 2.16. The molecule has 0 atom stereocenters. The van der Waals surface area contributed by atoms with Crippen molar-refractivity contribution in [2.24, 2.45) is 0 Å². The van der Waals surface area contributed by atoms with Crippen LogP contribution in [-0.4, -0.2) is 9.97 Å². The molecule has 0 unspecified atom stereocenters. The summed E-state index contributed by atoms with van der Waals surface area (Å²) in [6.45, 7) is 2.06. The van der Waals surface area contributed by atoms with Crippen LogP contribution in [0, 0.1) is 0 Å². The van der Waals surface area contributed by atoms with Gasteiger partial charge in [0.15, 0.2) is 0 Å². The van der Waals surface area contributed by atoms with E-state index in [1.54, 1.807) is 11.3 Å². The minimum atomic E-state index is -0.0964. The average molecular weight is 305 g/mol. The van der Waals surface area contributed by atoms with Crippen LogP contribution >= 0.6 is 22.9 Å². The summed E-state index contributed by atoms with van der Waals surface area (Å²) in [4.78, 5) is 21.3. The monoisotopic (exact) mass is 304 g/mol. The number of aromatic nitrogens is 2. The minimum absolute atomic E-state index is 0.0964. The molecule has 0 saturated carbocycles. The first kappa shape index (κ1) is 13.3. The van der Waals surface area contributed by atoms with Gasteiger partial charge in [-0.15, -0.1) is 22.9 Å². The van der Waals surface area contributed by atoms with E-state index in [-0.39, 0.29) is 11.4 Å². The summed E-state index contributed by atoms with van der Waals surface area (Å²) in [6, 6.07) is 10.1. The van der Waals surface area contributed by atoms with Gasteiger partial charge in [0, 0.05) is 4.88 Å². The van der Waals surface area contributed by atoms with Gasteiger partial charge >= 0.3 is 0 Å². The van der Waals surface area contributed by atoms with E-state index in [4.69, 9.17) is 11.6 Å². The number of thiophene rings is 1. The Hall–Kier alpha value is -1.65. The van der Waals surface area contributed by atoms with Crippen LogP contribution in [0.3, 0.4) is 0 Å². The molecule has 3 nitrogen and oxygen atoms in total. The Morgan fingerprint density at radius 3 is 2.70 bits per heavy atom. The Balaban J connectivity index is 2.34. The third-order valence-electron chi connectivity index (χ3n) is 3.23. The molecule has 102 valence electrons. The number of aryl methyl sites for hydroxylation is 1. The third kappa shape index (κ3) is 2.15. The second-order valence-electron chi connectivity index (χ2n) is 4.46. The van der Waals surface area contributed by atoms with Crippen LogP contribution in [-0.2, 0) is 12.3 Å². The van der Waals surface area contributed by atoms with Gasteiger partial charge < -0.3 is 4.98 Å². The zero-order valence-electron chi connectivity index (χ0n) is 10.9. The van der Waals surface area contributed by atoms with Crippen molar-refractivity contribution in [3.63, 3.8) is 0 Å². The number of aromatic amines is 1. The summed E-state index contributed by atoms with van der Waals surface area (Å²) >= 11 is 7.32. The lowest BCUT2D eigenvalue weighted by molar-refractivity contribution is 1.04. The molecule has 3 rings (SSSR count). The van der Waals surface area contributed by atoms with E-state index in [9.17, 15) is 4.79 Å². The van der Waals surface area contributed by atoms with Crippen LogP contribution in [0.5, 0.6) is 0 Å². The van der Waals surface area contributed by atoms with Crippen LogP contribution in [0.1, 0.15) is 18.3 Å². The third-order valence-corrected chi connectivity index (χ3v) is 4.65. The Morgan fingerprint density at radius 2 is 2.05 bits per heavy atom. The predicted molar refractivity (Wildman–Crippen MR) is 84.6 cm³/mol. The molecule has 0 amide bonds. The molecule has 2 heterocycles. The smallest absolute Gasteiger partial charge is 0.259 e. The van der Waals surface area contributed by atoms with Crippen molar-refractivity contribution in [1.29, 1.82) is 0 Å². The fourth-order valence-corrected chi connectivity index (χ4v) is 3.75. The first-order valence-electron chi connectivity index (χ1n) is 6.40. The van der Waals surface area contributed by atoms with Gasteiger partial charge in [-0.1, -0.05) is 37.3 Å². The zero-order valence-corrected chi connectivity index (χ0v) is 12.5. The van der Waals surface area contributed by atoms with Crippen molar-refractivity contribution < 1.29 is 0 Å². The van der Waals surface area contributed by atoms with Crippen LogP contribution in [0.2, 0.25) is 0 Å². The molecule has 0 aliphatic carbocycles. The first-order valence-corrected chi connectivity index (χ1v) is 7.75. The van der Waals surface area contributed by atoms with Crippen LogP contribution in [0.4, 0.5) is 0 Å². The number of hydrogen-bond acceptors (Lipinski definition) is 3. The number of hydrogen-bond donors (Lipinski definition) is 1. The summed E-state index contributed by atoms with van der Waals surface area (Å²) in [5.74, 6) is 0.735. The van der Waals surface area contributed by atoms with Crippen LogP contribution in [0.25, 0.3) is 20.7 Å².